The van der Waals surface area contributed by atoms with Crippen LogP contribution in [-0.4, -0.2) is 11.1 Å². The van der Waals surface area contributed by atoms with Crippen LogP contribution in [0, 0.1) is 6.92 Å². The molecule has 0 spiro atoms. The van der Waals surface area contributed by atoms with Crippen molar-refractivity contribution in [3.8, 4) is 5.75 Å². The van der Waals surface area contributed by atoms with E-state index in [4.69, 9.17) is 4.74 Å². The van der Waals surface area contributed by atoms with Crippen molar-refractivity contribution in [1.29, 1.82) is 0 Å². The minimum Gasteiger partial charge on any atom is -0.490 e. The fourth-order valence-electron chi connectivity index (χ4n) is 3.43. The van der Waals surface area contributed by atoms with Gasteiger partial charge in [-0.2, -0.15) is 26.3 Å². The predicted octanol–water partition coefficient (Wildman–Crippen LogP) is 6.53. The maximum atomic E-state index is 12.7. The Bertz CT molecular complexity index is 805. The fourth-order valence-corrected chi connectivity index (χ4v) is 3.43. The number of pyridine rings is 1. The molecule has 0 amide bonds. The first-order chi connectivity index (χ1) is 13.0. The van der Waals surface area contributed by atoms with Crippen LogP contribution in [0.4, 0.5) is 26.3 Å². The van der Waals surface area contributed by atoms with E-state index in [1.54, 1.807) is 6.92 Å². The van der Waals surface area contributed by atoms with E-state index in [0.29, 0.717) is 42.7 Å². The molecule has 0 bridgehead atoms. The Morgan fingerprint density at radius 2 is 1.46 bits per heavy atom. The quantitative estimate of drug-likeness (QED) is 0.544. The molecule has 1 aliphatic carbocycles. The van der Waals surface area contributed by atoms with Crippen molar-refractivity contribution in [2.24, 2.45) is 0 Å². The number of hydrogen-bond acceptors (Lipinski definition) is 2. The topological polar surface area (TPSA) is 22.1 Å². The maximum absolute atomic E-state index is 12.7. The summed E-state index contributed by atoms with van der Waals surface area (Å²) >= 11 is 0. The lowest BCUT2D eigenvalue weighted by atomic mass is 9.85. The zero-order chi connectivity index (χ0) is 20.5. The van der Waals surface area contributed by atoms with Gasteiger partial charge in [-0.3, -0.25) is 4.98 Å². The molecule has 2 nitrogen and oxygen atoms in total. The summed E-state index contributed by atoms with van der Waals surface area (Å²) in [5.41, 5.74) is -0.445. The number of aromatic nitrogens is 1. The Morgan fingerprint density at radius 3 is 1.96 bits per heavy atom. The molecule has 1 fully saturated rings. The molecule has 2 aromatic rings. The summed E-state index contributed by atoms with van der Waals surface area (Å²) in [6.45, 7) is 1.57. The highest BCUT2D eigenvalue weighted by Crippen LogP contribution is 2.37. The molecule has 1 aliphatic rings. The van der Waals surface area contributed by atoms with Crippen molar-refractivity contribution in [1.82, 2.24) is 4.98 Å². The third-order valence-electron chi connectivity index (χ3n) is 5.00. The standard InChI is InChI=1S/C20H19F6NO/c1-12-10-14(19(21,22)23)5-9-18(12)28-16-6-2-13(3-7-16)17-8-4-15(11-27-17)20(24,25)26/h4-5,8-11,13,16H,2-3,6-7H2,1H3. The van der Waals surface area contributed by atoms with Crippen LogP contribution in [-0.2, 0) is 12.4 Å². The van der Waals surface area contributed by atoms with Gasteiger partial charge in [-0.1, -0.05) is 0 Å². The molecule has 0 unspecified atom stereocenters. The summed E-state index contributed by atoms with van der Waals surface area (Å²) in [5, 5.41) is 0. The second-order valence-electron chi connectivity index (χ2n) is 7.04. The predicted molar refractivity (Wildman–Crippen MR) is 91.0 cm³/mol. The van der Waals surface area contributed by atoms with E-state index >= 15 is 0 Å². The van der Waals surface area contributed by atoms with Crippen LogP contribution < -0.4 is 4.74 Å². The summed E-state index contributed by atoms with van der Waals surface area (Å²) in [6, 6.07) is 5.85. The molecule has 1 heterocycles. The lowest BCUT2D eigenvalue weighted by molar-refractivity contribution is -0.138. The number of aryl methyl sites for hydroxylation is 1. The normalized spacial score (nSPS) is 20.8. The fraction of sp³-hybridized carbons (Fsp3) is 0.450. The van der Waals surface area contributed by atoms with Crippen molar-refractivity contribution in [3.63, 3.8) is 0 Å². The van der Waals surface area contributed by atoms with Gasteiger partial charge in [-0.05, 0) is 68.5 Å². The highest BCUT2D eigenvalue weighted by atomic mass is 19.4. The molecule has 0 radical (unpaired) electrons. The molecule has 28 heavy (non-hydrogen) atoms. The Hall–Kier alpha value is -2.25. The average Bonchev–Trinajstić information content (AvgIpc) is 2.62. The first-order valence-electron chi connectivity index (χ1n) is 8.91. The Kier molecular flexibility index (Phi) is 5.59. The summed E-state index contributed by atoms with van der Waals surface area (Å²) in [6.07, 6.45) is -5.37. The van der Waals surface area contributed by atoms with E-state index in [1.807, 2.05) is 0 Å². The molecule has 3 rings (SSSR count). The third kappa shape index (κ3) is 4.77. The molecule has 0 atom stereocenters. The zero-order valence-electron chi connectivity index (χ0n) is 15.1. The average molecular weight is 403 g/mol. The van der Waals surface area contributed by atoms with E-state index in [2.05, 4.69) is 4.98 Å². The van der Waals surface area contributed by atoms with Gasteiger partial charge in [0.25, 0.3) is 0 Å². The molecular weight excluding hydrogens is 384 g/mol. The van der Waals surface area contributed by atoms with Crippen LogP contribution in [0.3, 0.4) is 0 Å². The number of ether oxygens (including phenoxy) is 1. The summed E-state index contributed by atoms with van der Waals surface area (Å²) < 4.78 is 82.0. The van der Waals surface area contributed by atoms with Crippen molar-refractivity contribution < 1.29 is 31.1 Å². The number of hydrogen-bond donors (Lipinski definition) is 0. The van der Waals surface area contributed by atoms with Crippen molar-refractivity contribution in [2.45, 2.75) is 57.0 Å². The van der Waals surface area contributed by atoms with Gasteiger partial charge in [-0.15, -0.1) is 0 Å². The summed E-state index contributed by atoms with van der Waals surface area (Å²) in [4.78, 5) is 3.96. The smallest absolute Gasteiger partial charge is 0.417 e. The Balaban J connectivity index is 1.59. The van der Waals surface area contributed by atoms with Crippen LogP contribution in [0.15, 0.2) is 36.5 Å². The lowest BCUT2D eigenvalue weighted by Crippen LogP contribution is -2.24. The number of halogens is 6. The van der Waals surface area contributed by atoms with Gasteiger partial charge in [-0.25, -0.2) is 0 Å². The van der Waals surface area contributed by atoms with Crippen LogP contribution in [0.1, 0.15) is 54.0 Å². The van der Waals surface area contributed by atoms with Crippen LogP contribution >= 0.6 is 0 Å². The molecule has 0 aliphatic heterocycles. The van der Waals surface area contributed by atoms with E-state index in [1.165, 1.54) is 12.1 Å². The van der Waals surface area contributed by atoms with Gasteiger partial charge < -0.3 is 4.74 Å². The molecule has 1 saturated carbocycles. The lowest BCUT2D eigenvalue weighted by Gasteiger charge is -2.29. The first-order valence-corrected chi connectivity index (χ1v) is 8.91. The maximum Gasteiger partial charge on any atom is 0.417 e. The molecule has 0 N–H and O–H groups in total. The monoisotopic (exact) mass is 403 g/mol. The Labute approximate surface area is 158 Å². The van der Waals surface area contributed by atoms with Gasteiger partial charge in [0.2, 0.25) is 0 Å². The van der Waals surface area contributed by atoms with E-state index in [0.717, 1.165) is 24.4 Å². The van der Waals surface area contributed by atoms with Gasteiger partial charge in [0.15, 0.2) is 0 Å². The highest BCUT2D eigenvalue weighted by molar-refractivity contribution is 5.37. The van der Waals surface area contributed by atoms with E-state index in [9.17, 15) is 26.3 Å². The van der Waals surface area contributed by atoms with Gasteiger partial charge in [0, 0.05) is 17.8 Å². The highest BCUT2D eigenvalue weighted by Gasteiger charge is 2.32. The Morgan fingerprint density at radius 1 is 0.857 bits per heavy atom. The number of alkyl halides is 6. The molecule has 1 aromatic carbocycles. The second-order valence-corrected chi connectivity index (χ2v) is 7.04. The number of benzene rings is 1. The molecular formula is C20H19F6NO. The second kappa shape index (κ2) is 7.64. The van der Waals surface area contributed by atoms with Crippen LogP contribution in [0.5, 0.6) is 5.75 Å². The minimum absolute atomic E-state index is 0.0517. The summed E-state index contributed by atoms with van der Waals surface area (Å²) in [5.74, 6) is 0.472. The van der Waals surface area contributed by atoms with Crippen LogP contribution in [0.2, 0.25) is 0 Å². The number of rotatable bonds is 3. The van der Waals surface area contributed by atoms with Crippen molar-refractivity contribution in [3.05, 3.63) is 58.9 Å². The van der Waals surface area contributed by atoms with Crippen molar-refractivity contribution in [2.75, 3.05) is 0 Å². The number of nitrogens with zero attached hydrogens (tertiary/aromatic N) is 1. The zero-order valence-corrected chi connectivity index (χ0v) is 15.1. The SMILES string of the molecule is Cc1cc(C(F)(F)F)ccc1OC1CCC(c2ccc(C(F)(F)F)cn2)CC1. The molecule has 0 saturated heterocycles. The van der Waals surface area contributed by atoms with Gasteiger partial charge >= 0.3 is 12.4 Å². The molecule has 8 heteroatoms. The van der Waals surface area contributed by atoms with Crippen LogP contribution in [0.25, 0.3) is 0 Å². The van der Waals surface area contributed by atoms with Crippen molar-refractivity contribution >= 4 is 0 Å². The first kappa shape index (κ1) is 20.5. The molecule has 1 aromatic heterocycles. The summed E-state index contributed by atoms with van der Waals surface area (Å²) in [7, 11) is 0. The third-order valence-corrected chi connectivity index (χ3v) is 5.00. The largest absolute Gasteiger partial charge is 0.490 e. The van der Waals surface area contributed by atoms with Gasteiger partial charge in [0.1, 0.15) is 5.75 Å². The van der Waals surface area contributed by atoms with E-state index in [-0.39, 0.29) is 12.0 Å². The van der Waals surface area contributed by atoms with Gasteiger partial charge in [0.05, 0.1) is 17.2 Å². The molecule has 152 valence electrons. The minimum atomic E-state index is -4.41. The van der Waals surface area contributed by atoms with E-state index < -0.39 is 23.5 Å².